The number of urea groups is 1. The predicted molar refractivity (Wildman–Crippen MR) is 221 cm³/mol. The van der Waals surface area contributed by atoms with E-state index in [1.165, 1.54) is 15.6 Å². The molecule has 3 N–H and O–H groups in total. The van der Waals surface area contributed by atoms with Crippen LogP contribution in [0, 0.1) is 5.41 Å². The fourth-order valence-electron chi connectivity index (χ4n) is 9.05. The van der Waals surface area contributed by atoms with Crippen LogP contribution in [0.4, 0.5) is 32.1 Å². The first kappa shape index (κ1) is 38.0. The van der Waals surface area contributed by atoms with Gasteiger partial charge >= 0.3 is 6.03 Å². The number of imide groups is 1. The zero-order chi connectivity index (χ0) is 41.3. The minimum Gasteiger partial charge on any atom is -0.385 e. The molecule has 5 aromatic rings. The second kappa shape index (κ2) is 14.8. The van der Waals surface area contributed by atoms with Gasteiger partial charge in [-0.2, -0.15) is 10.2 Å². The number of halogens is 2. The van der Waals surface area contributed by atoms with Crippen LogP contribution >= 0.6 is 11.6 Å². The monoisotopic (exact) mass is 832 g/mol. The van der Waals surface area contributed by atoms with Crippen molar-refractivity contribution in [1.82, 2.24) is 45.2 Å². The highest BCUT2D eigenvalue weighted by atomic mass is 35.5. The molecule has 5 amide bonds. The minimum absolute atomic E-state index is 0.0991. The second-order valence-electron chi connectivity index (χ2n) is 16.4. The molecule has 1 aliphatic carbocycles. The maximum absolute atomic E-state index is 13.6. The molecule has 0 unspecified atom stereocenters. The van der Waals surface area contributed by atoms with Crippen LogP contribution in [0.5, 0.6) is 0 Å². The number of imidazole rings is 1. The number of carbonyl (C=O) groups is 4. The Balaban J connectivity index is 0.767. The average molecular weight is 833 g/mol. The lowest BCUT2D eigenvalue weighted by Gasteiger charge is -2.54. The van der Waals surface area contributed by atoms with Crippen LogP contribution in [0.2, 0.25) is 5.02 Å². The van der Waals surface area contributed by atoms with Crippen molar-refractivity contribution in [2.24, 2.45) is 5.41 Å². The zero-order valence-electron chi connectivity index (χ0n) is 32.8. The van der Waals surface area contributed by atoms with Crippen LogP contribution < -0.4 is 25.8 Å². The molecule has 5 aliphatic rings. The molecule has 7 heterocycles. The maximum atomic E-state index is 13.6. The summed E-state index contributed by atoms with van der Waals surface area (Å²) < 4.78 is 15.1. The summed E-state index contributed by atoms with van der Waals surface area (Å²) in [5, 5.41) is 22.7. The van der Waals surface area contributed by atoms with E-state index in [1.54, 1.807) is 25.2 Å². The van der Waals surface area contributed by atoms with Gasteiger partial charge in [0.25, 0.3) is 11.8 Å². The Kier molecular flexibility index (Phi) is 9.39. The van der Waals surface area contributed by atoms with E-state index in [0.29, 0.717) is 66.0 Å². The smallest absolute Gasteiger partial charge is 0.328 e. The molecule has 60 heavy (non-hydrogen) atoms. The number of nitrogens with zero attached hydrogens (tertiary/aromatic N) is 9. The molecule has 18 heteroatoms. The molecule has 2 atom stereocenters. The number of alkyl halides is 1. The number of anilines is 4. The predicted octanol–water partition coefficient (Wildman–Crippen LogP) is 4.60. The van der Waals surface area contributed by atoms with Gasteiger partial charge < -0.3 is 20.4 Å². The van der Waals surface area contributed by atoms with Crippen molar-refractivity contribution in [3.05, 3.63) is 88.3 Å². The molecule has 1 spiro atoms. The molecule has 0 bridgehead atoms. The maximum Gasteiger partial charge on any atom is 0.328 e. The number of likely N-dealkylation sites (tertiary alicyclic amines) is 2. The minimum atomic E-state index is -1.01. The highest BCUT2D eigenvalue weighted by Gasteiger charge is 2.45. The summed E-state index contributed by atoms with van der Waals surface area (Å²) >= 11 is 6.41. The van der Waals surface area contributed by atoms with Crippen molar-refractivity contribution in [3.63, 3.8) is 0 Å². The Morgan fingerprint density at radius 1 is 0.967 bits per heavy atom. The van der Waals surface area contributed by atoms with Gasteiger partial charge in [-0.1, -0.05) is 23.7 Å². The molecular weight excluding hydrogens is 791 g/mol. The third-order valence-corrected chi connectivity index (χ3v) is 12.8. The highest BCUT2D eigenvalue weighted by molar-refractivity contribution is 6.34. The number of rotatable bonds is 9. The highest BCUT2D eigenvalue weighted by Crippen LogP contribution is 2.43. The third-order valence-electron chi connectivity index (χ3n) is 12.4. The fraction of sp³-hybridized carbons (Fsp3) is 0.381. The van der Waals surface area contributed by atoms with Gasteiger partial charge in [0.1, 0.15) is 6.17 Å². The van der Waals surface area contributed by atoms with E-state index in [2.05, 4.69) is 53.1 Å². The largest absolute Gasteiger partial charge is 0.385 e. The lowest BCUT2D eigenvalue weighted by Crippen LogP contribution is -2.60. The van der Waals surface area contributed by atoms with Gasteiger partial charge in [0.05, 0.1) is 40.0 Å². The number of carbonyl (C=O) groups excluding carboxylic acids is 4. The molecule has 16 nitrogen and oxygen atoms in total. The Labute approximate surface area is 349 Å². The Morgan fingerprint density at radius 3 is 2.50 bits per heavy atom. The van der Waals surface area contributed by atoms with Crippen molar-refractivity contribution in [2.45, 2.75) is 50.9 Å². The molecule has 1 saturated carbocycles. The topological polar surface area (TPSA) is 173 Å². The molecule has 0 radical (unpaired) electrons. The van der Waals surface area contributed by atoms with Crippen molar-refractivity contribution in [3.8, 4) is 11.3 Å². The van der Waals surface area contributed by atoms with Crippen LogP contribution in [0.25, 0.3) is 16.9 Å². The third kappa shape index (κ3) is 6.84. The van der Waals surface area contributed by atoms with Crippen molar-refractivity contribution >= 4 is 63.9 Å². The molecule has 4 fully saturated rings. The summed E-state index contributed by atoms with van der Waals surface area (Å²) in [5.74, 6) is -0.192. The number of piperidine rings is 1. The van der Waals surface area contributed by atoms with E-state index in [4.69, 9.17) is 16.7 Å². The summed E-state index contributed by atoms with van der Waals surface area (Å²) in [6, 6.07) is 16.1. The second-order valence-corrected chi connectivity index (χ2v) is 16.8. The van der Waals surface area contributed by atoms with Crippen molar-refractivity contribution in [2.75, 3.05) is 61.4 Å². The number of benzene rings is 2. The molecule has 10 rings (SSSR count). The van der Waals surface area contributed by atoms with E-state index in [1.807, 2.05) is 29.2 Å². The van der Waals surface area contributed by atoms with Crippen LogP contribution in [0.3, 0.4) is 0 Å². The van der Waals surface area contributed by atoms with Gasteiger partial charge in [-0.05, 0) is 66.6 Å². The Bertz CT molecular complexity index is 2570. The van der Waals surface area contributed by atoms with Gasteiger partial charge in [0, 0.05) is 88.6 Å². The van der Waals surface area contributed by atoms with Gasteiger partial charge in [0.15, 0.2) is 17.2 Å². The van der Waals surface area contributed by atoms with Crippen LogP contribution in [-0.4, -0.2) is 117 Å². The van der Waals surface area contributed by atoms with Crippen molar-refractivity contribution in [1.29, 1.82) is 0 Å². The van der Waals surface area contributed by atoms with Crippen LogP contribution in [0.15, 0.2) is 60.8 Å². The van der Waals surface area contributed by atoms with Gasteiger partial charge in [-0.15, -0.1) is 5.10 Å². The lowest BCUT2D eigenvalue weighted by atomic mass is 9.72. The first-order valence-corrected chi connectivity index (χ1v) is 20.6. The van der Waals surface area contributed by atoms with Gasteiger partial charge in [0.2, 0.25) is 5.91 Å². The number of aromatic nitrogens is 5. The van der Waals surface area contributed by atoms with E-state index in [0.717, 1.165) is 60.6 Å². The Morgan fingerprint density at radius 2 is 1.77 bits per heavy atom. The first-order valence-electron chi connectivity index (χ1n) is 20.2. The van der Waals surface area contributed by atoms with E-state index in [-0.39, 0.29) is 35.9 Å². The number of fused-ring (bicyclic) bond motifs is 2. The summed E-state index contributed by atoms with van der Waals surface area (Å²) in [7, 11) is 1.80. The summed E-state index contributed by atoms with van der Waals surface area (Å²) in [5.41, 5.74) is 7.31. The number of hydrogen-bond acceptors (Lipinski definition) is 11. The fourth-order valence-corrected chi connectivity index (χ4v) is 9.27. The van der Waals surface area contributed by atoms with E-state index in [9.17, 15) is 23.6 Å². The standard InChI is InChI=1S/C42H42ClFN12O4/c1-45-32-19-36(51-56-35(20-46-38(32)56)39(58)47-31-18-29(31)44)54-13-9-27-26(3-2-4-33(27)54)30-8-6-25(49-50-30)21-52-22-42(23-52)11-15-53(16-12-42)40(59)24-5-7-28(43)34(17-24)55-14-10-37(57)48-41(55)60/h2-8,17,19-20,29,31,45H,9-16,18,21-23H2,1H3,(H,47,58)(H,48,57,60)/t29-,31+/m0/s1. The summed E-state index contributed by atoms with van der Waals surface area (Å²) in [6.45, 7) is 4.70. The molecular formula is C42H42ClFN12O4. The Hall–Kier alpha value is -6.20. The van der Waals surface area contributed by atoms with Crippen LogP contribution in [0.1, 0.15) is 57.8 Å². The molecule has 3 saturated heterocycles. The van der Waals surface area contributed by atoms with Crippen molar-refractivity contribution < 1.29 is 23.6 Å². The normalized spacial score (nSPS) is 20.9. The number of amides is 5. The quantitative estimate of drug-likeness (QED) is 0.190. The average Bonchev–Trinajstić information content (AvgIpc) is 3.55. The van der Waals surface area contributed by atoms with E-state index < -0.39 is 24.2 Å². The zero-order valence-corrected chi connectivity index (χ0v) is 33.6. The number of hydrogen-bond donors (Lipinski definition) is 3. The molecule has 2 aromatic carbocycles. The molecule has 4 aliphatic heterocycles. The molecule has 3 aromatic heterocycles. The number of nitrogens with one attached hydrogen (secondary N) is 3. The SMILES string of the molecule is CNc1cc(N2CCc3c(-c4ccc(CN5CC6(CCN(C(=O)c7ccc(Cl)c(N8CCC(=O)NC8=O)c7)CC6)C5)nn4)cccc32)nn2c(C(=O)N[C@@H]3C[C@@H]3F)cnc12. The lowest BCUT2D eigenvalue weighted by molar-refractivity contribution is -0.120. The summed E-state index contributed by atoms with van der Waals surface area (Å²) in [4.78, 5) is 62.8. The van der Waals surface area contributed by atoms with E-state index >= 15 is 0 Å². The van der Waals surface area contributed by atoms with Gasteiger partial charge in [-0.25, -0.2) is 18.7 Å². The van der Waals surface area contributed by atoms with Gasteiger partial charge in [-0.3, -0.25) is 29.5 Å². The molecule has 308 valence electrons. The first-order chi connectivity index (χ1) is 29.1. The van der Waals surface area contributed by atoms with Crippen LogP contribution in [-0.2, 0) is 17.8 Å². The summed E-state index contributed by atoms with van der Waals surface area (Å²) in [6.07, 6.45) is 3.50.